The molecule has 2 aromatic rings. The number of sulfonamides is 1. The average molecular weight is 446 g/mol. The highest BCUT2D eigenvalue weighted by molar-refractivity contribution is 7.92. The van der Waals surface area contributed by atoms with Gasteiger partial charge in [0.2, 0.25) is 15.9 Å². The molecule has 0 saturated carbocycles. The fourth-order valence-electron chi connectivity index (χ4n) is 3.32. The first-order chi connectivity index (χ1) is 14.8. The van der Waals surface area contributed by atoms with Crippen LogP contribution in [0.1, 0.15) is 23.2 Å². The predicted molar refractivity (Wildman–Crippen MR) is 119 cm³/mol. The lowest BCUT2D eigenvalue weighted by atomic mass is 10.1. The number of rotatable bonds is 8. The Morgan fingerprint density at radius 1 is 0.935 bits per heavy atom. The number of nitrogens with zero attached hydrogens (tertiary/aromatic N) is 2. The Balaban J connectivity index is 1.41. The van der Waals surface area contributed by atoms with Crippen LogP contribution >= 0.6 is 0 Å². The number of amides is 2. The Hall–Kier alpha value is -3.07. The lowest BCUT2D eigenvalue weighted by Crippen LogP contribution is -2.50. The zero-order chi connectivity index (χ0) is 22.3. The first kappa shape index (κ1) is 22.6. The predicted octanol–water partition coefficient (Wildman–Crippen LogP) is 2.20. The van der Waals surface area contributed by atoms with Crippen LogP contribution in [0.5, 0.6) is 5.75 Å². The summed E-state index contributed by atoms with van der Waals surface area (Å²) in [5.41, 5.74) is 0.891. The van der Waals surface area contributed by atoms with Crippen molar-refractivity contribution in [2.24, 2.45) is 0 Å². The maximum Gasteiger partial charge on any atom is 0.253 e. The number of hydrogen-bond acceptors (Lipinski definition) is 5. The van der Waals surface area contributed by atoms with Gasteiger partial charge in [0.1, 0.15) is 5.75 Å². The number of ether oxygens (including phenoxy) is 1. The topological polar surface area (TPSA) is 96.0 Å². The van der Waals surface area contributed by atoms with Crippen molar-refractivity contribution in [2.75, 3.05) is 43.8 Å². The van der Waals surface area contributed by atoms with Crippen LogP contribution in [0.3, 0.4) is 0 Å². The van der Waals surface area contributed by atoms with E-state index in [0.717, 1.165) is 12.0 Å². The Morgan fingerprint density at radius 2 is 1.55 bits per heavy atom. The largest absolute Gasteiger partial charge is 0.494 e. The summed E-state index contributed by atoms with van der Waals surface area (Å²) in [4.78, 5) is 28.6. The molecule has 1 heterocycles. The quantitative estimate of drug-likeness (QED) is 0.629. The highest BCUT2D eigenvalue weighted by Crippen LogP contribution is 2.15. The van der Waals surface area contributed by atoms with E-state index in [1.54, 1.807) is 34.1 Å². The van der Waals surface area contributed by atoms with E-state index in [9.17, 15) is 18.0 Å². The van der Waals surface area contributed by atoms with Crippen LogP contribution in [0.4, 0.5) is 5.69 Å². The lowest BCUT2D eigenvalue weighted by Gasteiger charge is -2.35. The molecule has 2 amide bonds. The van der Waals surface area contributed by atoms with Gasteiger partial charge in [-0.15, -0.1) is 0 Å². The molecule has 0 aliphatic carbocycles. The third-order valence-electron chi connectivity index (χ3n) is 4.90. The van der Waals surface area contributed by atoms with Crippen molar-refractivity contribution >= 4 is 27.5 Å². The van der Waals surface area contributed by atoms with E-state index >= 15 is 0 Å². The average Bonchev–Trinajstić information content (AvgIpc) is 2.76. The van der Waals surface area contributed by atoms with Crippen LogP contribution in [0.2, 0.25) is 0 Å². The lowest BCUT2D eigenvalue weighted by molar-refractivity contribution is -0.132. The van der Waals surface area contributed by atoms with Gasteiger partial charge < -0.3 is 14.5 Å². The van der Waals surface area contributed by atoms with Crippen LogP contribution in [0.25, 0.3) is 0 Å². The van der Waals surface area contributed by atoms with Gasteiger partial charge in [-0.1, -0.05) is 18.2 Å². The van der Waals surface area contributed by atoms with Gasteiger partial charge in [0.05, 0.1) is 12.9 Å². The van der Waals surface area contributed by atoms with Crippen molar-refractivity contribution in [2.45, 2.75) is 12.8 Å². The second kappa shape index (κ2) is 10.3. The van der Waals surface area contributed by atoms with Crippen molar-refractivity contribution in [3.63, 3.8) is 0 Å². The van der Waals surface area contributed by atoms with E-state index in [4.69, 9.17) is 4.74 Å². The summed E-state index contributed by atoms with van der Waals surface area (Å²) < 4.78 is 30.5. The standard InChI is InChI=1S/C22H27N3O5S/c1-31(28,29)23-19-11-9-18(10-12-19)22(27)25-15-13-24(14-16-25)21(26)8-5-17-30-20-6-3-2-4-7-20/h2-4,6-7,9-12,23H,5,8,13-17H2,1H3. The molecule has 166 valence electrons. The molecular formula is C22H27N3O5S. The second-order valence-corrected chi connectivity index (χ2v) is 9.14. The van der Waals surface area contributed by atoms with E-state index in [1.807, 2.05) is 30.3 Å². The van der Waals surface area contributed by atoms with Gasteiger partial charge in [-0.25, -0.2) is 8.42 Å². The number of para-hydroxylation sites is 1. The molecule has 0 spiro atoms. The molecule has 3 rings (SSSR count). The molecule has 0 unspecified atom stereocenters. The molecule has 0 radical (unpaired) electrons. The van der Waals surface area contributed by atoms with Gasteiger partial charge in [-0.3, -0.25) is 14.3 Å². The zero-order valence-electron chi connectivity index (χ0n) is 17.5. The van der Waals surface area contributed by atoms with Crippen LogP contribution in [0.15, 0.2) is 54.6 Å². The summed E-state index contributed by atoms with van der Waals surface area (Å²) in [6.07, 6.45) is 2.12. The number of nitrogens with one attached hydrogen (secondary N) is 1. The minimum absolute atomic E-state index is 0.0694. The summed E-state index contributed by atoms with van der Waals surface area (Å²) in [6.45, 7) is 2.41. The summed E-state index contributed by atoms with van der Waals surface area (Å²) >= 11 is 0. The molecule has 0 bridgehead atoms. The summed E-state index contributed by atoms with van der Waals surface area (Å²) in [5.74, 6) is 0.733. The Kier molecular flexibility index (Phi) is 7.51. The summed E-state index contributed by atoms with van der Waals surface area (Å²) in [7, 11) is -3.36. The van der Waals surface area contributed by atoms with Gasteiger partial charge in [-0.05, 0) is 42.8 Å². The minimum Gasteiger partial charge on any atom is -0.494 e. The van der Waals surface area contributed by atoms with Crippen molar-refractivity contribution in [1.29, 1.82) is 0 Å². The van der Waals surface area contributed by atoms with Gasteiger partial charge in [0, 0.05) is 43.9 Å². The fraction of sp³-hybridized carbons (Fsp3) is 0.364. The number of carbonyl (C=O) groups is 2. The number of benzene rings is 2. The van der Waals surface area contributed by atoms with Crippen molar-refractivity contribution in [3.05, 3.63) is 60.2 Å². The van der Waals surface area contributed by atoms with E-state index in [2.05, 4.69) is 4.72 Å². The molecular weight excluding hydrogens is 418 g/mol. The van der Waals surface area contributed by atoms with Crippen LogP contribution in [-0.2, 0) is 14.8 Å². The zero-order valence-corrected chi connectivity index (χ0v) is 18.3. The smallest absolute Gasteiger partial charge is 0.253 e. The SMILES string of the molecule is CS(=O)(=O)Nc1ccc(C(=O)N2CCN(C(=O)CCCOc3ccccc3)CC2)cc1. The van der Waals surface area contributed by atoms with Crippen molar-refractivity contribution < 1.29 is 22.7 Å². The minimum atomic E-state index is -3.36. The molecule has 1 fully saturated rings. The third-order valence-corrected chi connectivity index (χ3v) is 5.51. The van der Waals surface area contributed by atoms with E-state index < -0.39 is 10.0 Å². The van der Waals surface area contributed by atoms with Crippen molar-refractivity contribution in [1.82, 2.24) is 9.80 Å². The Morgan fingerprint density at radius 3 is 2.16 bits per heavy atom. The molecule has 1 aliphatic heterocycles. The first-order valence-electron chi connectivity index (χ1n) is 10.1. The third kappa shape index (κ3) is 6.99. The summed E-state index contributed by atoms with van der Waals surface area (Å²) in [6, 6.07) is 15.8. The highest BCUT2D eigenvalue weighted by Gasteiger charge is 2.24. The monoisotopic (exact) mass is 445 g/mol. The van der Waals surface area contributed by atoms with Crippen molar-refractivity contribution in [3.8, 4) is 5.75 Å². The van der Waals surface area contributed by atoms with Gasteiger partial charge in [-0.2, -0.15) is 0 Å². The molecule has 8 nitrogen and oxygen atoms in total. The molecule has 2 aromatic carbocycles. The molecule has 0 aromatic heterocycles. The Labute approximate surface area is 182 Å². The van der Waals surface area contributed by atoms with E-state index in [0.29, 0.717) is 56.9 Å². The molecule has 0 atom stereocenters. The van der Waals surface area contributed by atoms with Crippen LogP contribution in [0, 0.1) is 0 Å². The van der Waals surface area contributed by atoms with E-state index in [-0.39, 0.29) is 11.8 Å². The number of carbonyl (C=O) groups excluding carboxylic acids is 2. The molecule has 1 aliphatic rings. The van der Waals surface area contributed by atoms with E-state index in [1.165, 1.54) is 0 Å². The number of hydrogen-bond donors (Lipinski definition) is 1. The number of anilines is 1. The van der Waals surface area contributed by atoms with Gasteiger partial charge >= 0.3 is 0 Å². The molecule has 31 heavy (non-hydrogen) atoms. The number of piperazine rings is 1. The maximum atomic E-state index is 12.7. The normalized spacial score (nSPS) is 14.2. The molecule has 1 saturated heterocycles. The van der Waals surface area contributed by atoms with Gasteiger partial charge in [0.25, 0.3) is 5.91 Å². The Bertz CT molecular complexity index is 986. The van der Waals surface area contributed by atoms with Crippen LogP contribution in [-0.4, -0.2) is 69.1 Å². The van der Waals surface area contributed by atoms with Crippen LogP contribution < -0.4 is 9.46 Å². The first-order valence-corrected chi connectivity index (χ1v) is 12.0. The second-order valence-electron chi connectivity index (χ2n) is 7.39. The summed E-state index contributed by atoms with van der Waals surface area (Å²) in [5, 5.41) is 0. The highest BCUT2D eigenvalue weighted by atomic mass is 32.2. The fourth-order valence-corrected chi connectivity index (χ4v) is 3.89. The van der Waals surface area contributed by atoms with Gasteiger partial charge in [0.15, 0.2) is 0 Å². The molecule has 9 heteroatoms. The maximum absolute atomic E-state index is 12.7. The molecule has 1 N–H and O–H groups in total.